The van der Waals surface area contributed by atoms with Crippen LogP contribution in [0.3, 0.4) is 0 Å². The van der Waals surface area contributed by atoms with Crippen LogP contribution in [0.5, 0.6) is 0 Å². The summed E-state index contributed by atoms with van der Waals surface area (Å²) in [5, 5.41) is 0. The minimum absolute atomic E-state index is 0.0463. The maximum Gasteiger partial charge on any atom is 0.234 e. The third-order valence-electron chi connectivity index (χ3n) is 4.76. The van der Waals surface area contributed by atoms with Crippen molar-refractivity contribution in [2.45, 2.75) is 39.5 Å². The largest absolute Gasteiger partial charge is 0.329 e. The Hall–Kier alpha value is -1.42. The van der Waals surface area contributed by atoms with Gasteiger partial charge in [-0.2, -0.15) is 0 Å². The molecule has 0 atom stereocenters. The molecule has 2 N–H and O–H groups in total. The molecule has 2 rings (SSSR count). The van der Waals surface area contributed by atoms with Gasteiger partial charge in [-0.25, -0.2) is 4.39 Å². The van der Waals surface area contributed by atoms with Crippen LogP contribution in [-0.2, 0) is 4.79 Å². The zero-order valence-electron chi connectivity index (χ0n) is 12.9. The highest BCUT2D eigenvalue weighted by molar-refractivity contribution is 5.97. The van der Waals surface area contributed by atoms with Crippen LogP contribution in [0.1, 0.15) is 39.5 Å². The van der Waals surface area contributed by atoms with E-state index in [1.807, 2.05) is 6.92 Å². The van der Waals surface area contributed by atoms with E-state index in [0.29, 0.717) is 24.7 Å². The lowest BCUT2D eigenvalue weighted by atomic mass is 9.70. The van der Waals surface area contributed by atoms with Crippen LogP contribution in [0, 0.1) is 17.2 Å². The molecule has 1 aliphatic rings. The van der Waals surface area contributed by atoms with Crippen LogP contribution in [0.2, 0.25) is 0 Å². The minimum Gasteiger partial charge on any atom is -0.329 e. The number of rotatable bonds is 4. The van der Waals surface area contributed by atoms with E-state index in [4.69, 9.17) is 5.73 Å². The van der Waals surface area contributed by atoms with Gasteiger partial charge in [-0.05, 0) is 56.7 Å². The summed E-state index contributed by atoms with van der Waals surface area (Å²) in [6, 6.07) is 6.22. The zero-order chi connectivity index (χ0) is 15.5. The first-order chi connectivity index (χ1) is 10.0. The summed E-state index contributed by atoms with van der Waals surface area (Å²) < 4.78 is 13.4. The molecule has 116 valence electrons. The van der Waals surface area contributed by atoms with Gasteiger partial charge in [0.05, 0.1) is 5.41 Å². The lowest BCUT2D eigenvalue weighted by molar-refractivity contribution is -0.130. The number of benzene rings is 1. The number of hydrogen-bond acceptors (Lipinski definition) is 2. The molecule has 1 fully saturated rings. The van der Waals surface area contributed by atoms with Gasteiger partial charge in [-0.1, -0.05) is 13.0 Å². The first-order valence-electron chi connectivity index (χ1n) is 7.80. The van der Waals surface area contributed by atoms with Gasteiger partial charge in [0.2, 0.25) is 5.91 Å². The van der Waals surface area contributed by atoms with Gasteiger partial charge in [-0.15, -0.1) is 0 Å². The lowest BCUT2D eigenvalue weighted by Crippen LogP contribution is -2.50. The van der Waals surface area contributed by atoms with Crippen molar-refractivity contribution >= 4 is 11.6 Å². The molecule has 1 aromatic carbocycles. The zero-order valence-corrected chi connectivity index (χ0v) is 12.9. The molecule has 3 nitrogen and oxygen atoms in total. The molecule has 0 heterocycles. The van der Waals surface area contributed by atoms with E-state index >= 15 is 0 Å². The Balaban J connectivity index is 2.26. The summed E-state index contributed by atoms with van der Waals surface area (Å²) in [6.07, 6.45) is 3.72. The number of nitrogens with zero attached hydrogens (tertiary/aromatic N) is 1. The highest BCUT2D eigenvalue weighted by atomic mass is 19.1. The predicted molar refractivity (Wildman–Crippen MR) is 83.5 cm³/mol. The van der Waals surface area contributed by atoms with Gasteiger partial charge in [-0.3, -0.25) is 4.79 Å². The third-order valence-corrected chi connectivity index (χ3v) is 4.76. The van der Waals surface area contributed by atoms with Crippen molar-refractivity contribution in [1.29, 1.82) is 0 Å². The number of anilines is 1. The van der Waals surface area contributed by atoms with Gasteiger partial charge in [0.25, 0.3) is 0 Å². The summed E-state index contributed by atoms with van der Waals surface area (Å²) in [5.41, 5.74) is 6.11. The fourth-order valence-corrected chi connectivity index (χ4v) is 3.19. The number of nitrogens with two attached hydrogens (primary N) is 1. The Bertz CT molecular complexity index is 495. The summed E-state index contributed by atoms with van der Waals surface area (Å²) in [4.78, 5) is 14.7. The van der Waals surface area contributed by atoms with Crippen LogP contribution < -0.4 is 10.6 Å². The van der Waals surface area contributed by atoms with Gasteiger partial charge in [0.15, 0.2) is 0 Å². The number of amides is 1. The van der Waals surface area contributed by atoms with E-state index in [0.717, 1.165) is 25.7 Å². The lowest BCUT2D eigenvalue weighted by Gasteiger charge is -2.40. The van der Waals surface area contributed by atoms with Crippen molar-refractivity contribution < 1.29 is 9.18 Å². The Kier molecular flexibility index (Phi) is 4.99. The molecule has 0 aromatic heterocycles. The molecule has 0 unspecified atom stereocenters. The third kappa shape index (κ3) is 3.26. The van der Waals surface area contributed by atoms with Crippen molar-refractivity contribution in [2.75, 3.05) is 18.0 Å². The van der Waals surface area contributed by atoms with Gasteiger partial charge < -0.3 is 10.6 Å². The topological polar surface area (TPSA) is 46.3 Å². The highest BCUT2D eigenvalue weighted by Crippen LogP contribution is 2.40. The molecule has 0 radical (unpaired) electrons. The predicted octanol–water partition coefficient (Wildman–Crippen LogP) is 3.33. The normalized spacial score (nSPS) is 25.6. The number of carbonyl (C=O) groups is 1. The van der Waals surface area contributed by atoms with Gasteiger partial charge in [0.1, 0.15) is 5.82 Å². The number of carbonyl (C=O) groups excluding carboxylic acids is 1. The van der Waals surface area contributed by atoms with Crippen molar-refractivity contribution in [1.82, 2.24) is 0 Å². The van der Waals surface area contributed by atoms with Gasteiger partial charge in [0, 0.05) is 18.8 Å². The van der Waals surface area contributed by atoms with E-state index in [9.17, 15) is 9.18 Å². The van der Waals surface area contributed by atoms with Crippen LogP contribution in [-0.4, -0.2) is 19.0 Å². The van der Waals surface area contributed by atoms with Gasteiger partial charge >= 0.3 is 0 Å². The second-order valence-corrected chi connectivity index (χ2v) is 6.20. The smallest absolute Gasteiger partial charge is 0.234 e. The first kappa shape index (κ1) is 16.0. The first-order valence-corrected chi connectivity index (χ1v) is 7.80. The SMILES string of the molecule is CCN(C(=O)C1(CN)CCC(C)CC1)c1cccc(F)c1. The molecule has 4 heteroatoms. The Morgan fingerprint density at radius 1 is 1.43 bits per heavy atom. The molecule has 0 spiro atoms. The van der Waals surface area contributed by atoms with Crippen molar-refractivity contribution in [3.63, 3.8) is 0 Å². The highest BCUT2D eigenvalue weighted by Gasteiger charge is 2.42. The minimum atomic E-state index is -0.477. The maximum absolute atomic E-state index is 13.4. The molecule has 1 aromatic rings. The van der Waals surface area contributed by atoms with E-state index in [2.05, 4.69) is 6.92 Å². The fourth-order valence-electron chi connectivity index (χ4n) is 3.19. The molecule has 0 saturated heterocycles. The Labute approximate surface area is 126 Å². The summed E-state index contributed by atoms with van der Waals surface area (Å²) in [6.45, 7) is 5.03. The van der Waals surface area contributed by atoms with Crippen molar-refractivity contribution in [2.24, 2.45) is 17.1 Å². The molecule has 21 heavy (non-hydrogen) atoms. The molecule has 1 amide bonds. The molecule has 0 aliphatic heterocycles. The molecule has 1 aliphatic carbocycles. The summed E-state index contributed by atoms with van der Waals surface area (Å²) in [7, 11) is 0. The second-order valence-electron chi connectivity index (χ2n) is 6.20. The van der Waals surface area contributed by atoms with Crippen LogP contribution in [0.15, 0.2) is 24.3 Å². The molecule has 0 bridgehead atoms. The quantitative estimate of drug-likeness (QED) is 0.925. The van der Waals surface area contributed by atoms with Crippen LogP contribution in [0.25, 0.3) is 0 Å². The summed E-state index contributed by atoms with van der Waals surface area (Å²) in [5.74, 6) is 0.379. The average Bonchev–Trinajstić information content (AvgIpc) is 2.49. The van der Waals surface area contributed by atoms with Crippen LogP contribution >= 0.6 is 0 Å². The molecular weight excluding hydrogens is 267 g/mol. The van der Waals surface area contributed by atoms with Crippen LogP contribution in [0.4, 0.5) is 10.1 Å². The number of halogens is 1. The average molecular weight is 292 g/mol. The summed E-state index contributed by atoms with van der Waals surface area (Å²) >= 11 is 0. The fraction of sp³-hybridized carbons (Fsp3) is 0.588. The Morgan fingerprint density at radius 3 is 2.62 bits per heavy atom. The molecule has 1 saturated carbocycles. The van der Waals surface area contributed by atoms with E-state index in [-0.39, 0.29) is 11.7 Å². The molecular formula is C17H25FN2O. The monoisotopic (exact) mass is 292 g/mol. The van der Waals surface area contributed by atoms with Crippen molar-refractivity contribution in [3.05, 3.63) is 30.1 Å². The van der Waals surface area contributed by atoms with Crippen molar-refractivity contribution in [3.8, 4) is 0 Å². The number of hydrogen-bond donors (Lipinski definition) is 1. The standard InChI is InChI=1S/C17H25FN2O/c1-3-20(15-6-4-5-14(18)11-15)16(21)17(12-19)9-7-13(2)8-10-17/h4-6,11,13H,3,7-10,12,19H2,1-2H3. The van der Waals surface area contributed by atoms with E-state index in [1.54, 1.807) is 17.0 Å². The maximum atomic E-state index is 13.4. The van der Waals surface area contributed by atoms with E-state index in [1.165, 1.54) is 12.1 Å². The second kappa shape index (κ2) is 6.56. The van der Waals surface area contributed by atoms with E-state index < -0.39 is 5.41 Å². The Morgan fingerprint density at radius 2 is 2.10 bits per heavy atom.